The fourth-order valence-corrected chi connectivity index (χ4v) is 1.92. The van der Waals surface area contributed by atoms with Gasteiger partial charge in [-0.05, 0) is 24.8 Å². The lowest BCUT2D eigenvalue weighted by Gasteiger charge is -2.09. The maximum atomic E-state index is 5.32. The summed E-state index contributed by atoms with van der Waals surface area (Å²) in [6.45, 7) is 4.61. The minimum atomic E-state index is 0.800. The van der Waals surface area contributed by atoms with Crippen LogP contribution >= 0.6 is 0 Å². The number of hydrogen-bond donors (Lipinski definition) is 1. The van der Waals surface area contributed by atoms with Gasteiger partial charge >= 0.3 is 0 Å². The fraction of sp³-hybridized carbons (Fsp3) is 0.333. The van der Waals surface area contributed by atoms with Crippen LogP contribution in [0.4, 0.5) is 5.69 Å². The fourth-order valence-electron chi connectivity index (χ4n) is 1.92. The van der Waals surface area contributed by atoms with Gasteiger partial charge in [-0.1, -0.05) is 36.4 Å². The van der Waals surface area contributed by atoms with Crippen LogP contribution in [0.15, 0.2) is 42.5 Å². The highest BCUT2D eigenvalue weighted by Gasteiger charge is 1.98. The summed E-state index contributed by atoms with van der Waals surface area (Å²) in [6, 6.07) is 14.8. The molecular weight excluding hydrogens is 210 g/mol. The number of nitrogens with one attached hydrogen (secondary N) is 1. The van der Waals surface area contributed by atoms with Crippen LogP contribution in [0, 0.1) is 0 Å². The molecule has 2 nitrogen and oxygen atoms in total. The van der Waals surface area contributed by atoms with Gasteiger partial charge in [0.2, 0.25) is 0 Å². The summed E-state index contributed by atoms with van der Waals surface area (Å²) in [5.41, 5.74) is 1.21. The molecule has 0 atom stereocenters. The summed E-state index contributed by atoms with van der Waals surface area (Å²) in [5, 5.41) is 6.03. The molecule has 0 spiro atoms. The Morgan fingerprint density at radius 2 is 1.88 bits per heavy atom. The largest absolute Gasteiger partial charge is 0.384 e. The van der Waals surface area contributed by atoms with E-state index in [-0.39, 0.29) is 0 Å². The van der Waals surface area contributed by atoms with Gasteiger partial charge in [0.1, 0.15) is 0 Å². The topological polar surface area (TPSA) is 21.3 Å². The molecule has 17 heavy (non-hydrogen) atoms. The molecule has 0 aliphatic heterocycles. The van der Waals surface area contributed by atoms with Gasteiger partial charge in [-0.15, -0.1) is 0 Å². The van der Waals surface area contributed by atoms with E-state index in [4.69, 9.17) is 4.74 Å². The average molecular weight is 229 g/mol. The van der Waals surface area contributed by atoms with E-state index >= 15 is 0 Å². The summed E-state index contributed by atoms with van der Waals surface area (Å²) < 4.78 is 5.32. The van der Waals surface area contributed by atoms with Crippen molar-refractivity contribution in [1.29, 1.82) is 0 Å². The molecule has 2 aromatic carbocycles. The summed E-state index contributed by atoms with van der Waals surface area (Å²) >= 11 is 0. The number of fused-ring (bicyclic) bond motifs is 1. The maximum absolute atomic E-state index is 5.32. The van der Waals surface area contributed by atoms with Crippen molar-refractivity contribution >= 4 is 16.5 Å². The summed E-state index contributed by atoms with van der Waals surface area (Å²) in [5.74, 6) is 0. The Morgan fingerprint density at radius 3 is 2.76 bits per heavy atom. The van der Waals surface area contributed by atoms with Gasteiger partial charge in [-0.3, -0.25) is 0 Å². The minimum Gasteiger partial charge on any atom is -0.384 e. The number of hydrogen-bond acceptors (Lipinski definition) is 2. The third-order valence-corrected chi connectivity index (χ3v) is 2.77. The van der Waals surface area contributed by atoms with E-state index in [1.54, 1.807) is 0 Å². The molecule has 0 aliphatic rings. The lowest BCUT2D eigenvalue weighted by molar-refractivity contribution is 0.147. The molecule has 2 aromatic rings. The van der Waals surface area contributed by atoms with Gasteiger partial charge in [0.15, 0.2) is 0 Å². The van der Waals surface area contributed by atoms with Crippen LogP contribution in [0.5, 0.6) is 0 Å². The zero-order valence-electron chi connectivity index (χ0n) is 10.3. The second kappa shape index (κ2) is 6.26. The number of benzene rings is 2. The van der Waals surface area contributed by atoms with Crippen molar-refractivity contribution in [3.63, 3.8) is 0 Å². The first-order valence-corrected chi connectivity index (χ1v) is 6.21. The first-order chi connectivity index (χ1) is 8.42. The summed E-state index contributed by atoms with van der Waals surface area (Å²) in [7, 11) is 0. The number of ether oxygens (including phenoxy) is 1. The Hall–Kier alpha value is -1.54. The van der Waals surface area contributed by atoms with E-state index < -0.39 is 0 Å². The van der Waals surface area contributed by atoms with Gasteiger partial charge < -0.3 is 10.1 Å². The van der Waals surface area contributed by atoms with Crippen molar-refractivity contribution in [3.05, 3.63) is 42.5 Å². The van der Waals surface area contributed by atoms with Crippen LogP contribution in [0.3, 0.4) is 0 Å². The molecule has 0 heterocycles. The molecule has 1 N–H and O–H groups in total. The first kappa shape index (κ1) is 11.9. The first-order valence-electron chi connectivity index (χ1n) is 6.21. The average Bonchev–Trinajstić information content (AvgIpc) is 2.39. The van der Waals surface area contributed by atoms with E-state index in [9.17, 15) is 0 Å². The van der Waals surface area contributed by atoms with Crippen molar-refractivity contribution in [2.75, 3.05) is 25.1 Å². The van der Waals surface area contributed by atoms with Crippen LogP contribution in [-0.4, -0.2) is 19.8 Å². The molecule has 0 saturated carbocycles. The molecule has 0 aliphatic carbocycles. The molecule has 0 saturated heterocycles. The van der Waals surface area contributed by atoms with Crippen molar-refractivity contribution in [3.8, 4) is 0 Å². The van der Waals surface area contributed by atoms with Crippen LogP contribution in [0.1, 0.15) is 13.3 Å². The van der Waals surface area contributed by atoms with Crippen molar-refractivity contribution in [2.24, 2.45) is 0 Å². The Bertz CT molecular complexity index is 462. The molecule has 0 amide bonds. The third kappa shape index (κ3) is 3.21. The van der Waals surface area contributed by atoms with Gasteiger partial charge in [-0.2, -0.15) is 0 Å². The number of rotatable bonds is 6. The third-order valence-electron chi connectivity index (χ3n) is 2.77. The lowest BCUT2D eigenvalue weighted by atomic mass is 10.1. The van der Waals surface area contributed by atoms with E-state index in [0.29, 0.717) is 0 Å². The number of anilines is 1. The SMILES string of the molecule is CCOCCCNc1cccc2ccccc12. The highest BCUT2D eigenvalue weighted by atomic mass is 16.5. The Kier molecular flexibility index (Phi) is 4.39. The predicted octanol–water partition coefficient (Wildman–Crippen LogP) is 3.68. The molecule has 0 unspecified atom stereocenters. The van der Waals surface area contributed by atoms with E-state index in [1.165, 1.54) is 16.5 Å². The maximum Gasteiger partial charge on any atom is 0.0482 e. The summed E-state index contributed by atoms with van der Waals surface area (Å²) in [4.78, 5) is 0. The van der Waals surface area contributed by atoms with Crippen molar-refractivity contribution in [1.82, 2.24) is 0 Å². The van der Waals surface area contributed by atoms with Crippen LogP contribution in [0.2, 0.25) is 0 Å². The normalized spacial score (nSPS) is 10.6. The van der Waals surface area contributed by atoms with E-state index in [2.05, 4.69) is 47.8 Å². The van der Waals surface area contributed by atoms with Gasteiger partial charge in [0.05, 0.1) is 0 Å². The van der Waals surface area contributed by atoms with Gasteiger partial charge in [0, 0.05) is 30.8 Å². The van der Waals surface area contributed by atoms with Crippen molar-refractivity contribution in [2.45, 2.75) is 13.3 Å². The van der Waals surface area contributed by atoms with Gasteiger partial charge in [-0.25, -0.2) is 0 Å². The molecule has 90 valence electrons. The van der Waals surface area contributed by atoms with Crippen LogP contribution < -0.4 is 5.32 Å². The standard InChI is InChI=1S/C15H19NO/c1-2-17-12-6-11-16-15-10-5-8-13-7-3-4-9-14(13)15/h3-5,7-10,16H,2,6,11-12H2,1H3. The summed E-state index contributed by atoms with van der Waals surface area (Å²) in [6.07, 6.45) is 1.04. The lowest BCUT2D eigenvalue weighted by Crippen LogP contribution is -2.05. The Morgan fingerprint density at radius 1 is 1.06 bits per heavy atom. The molecule has 0 radical (unpaired) electrons. The highest BCUT2D eigenvalue weighted by Crippen LogP contribution is 2.22. The van der Waals surface area contributed by atoms with Crippen LogP contribution in [-0.2, 0) is 4.74 Å². The quantitative estimate of drug-likeness (QED) is 0.763. The molecule has 0 fully saturated rings. The zero-order chi connectivity index (χ0) is 11.9. The molecule has 2 heteroatoms. The smallest absolute Gasteiger partial charge is 0.0482 e. The van der Waals surface area contributed by atoms with Crippen LogP contribution in [0.25, 0.3) is 10.8 Å². The highest BCUT2D eigenvalue weighted by molar-refractivity contribution is 5.93. The van der Waals surface area contributed by atoms with Gasteiger partial charge in [0.25, 0.3) is 0 Å². The Labute approximate surface area is 103 Å². The molecular formula is C15H19NO. The molecule has 2 rings (SSSR count). The van der Waals surface area contributed by atoms with Crippen molar-refractivity contribution < 1.29 is 4.74 Å². The minimum absolute atomic E-state index is 0.800. The van der Waals surface area contributed by atoms with E-state index in [0.717, 1.165) is 26.2 Å². The Balaban J connectivity index is 1.98. The molecule has 0 aromatic heterocycles. The van der Waals surface area contributed by atoms with E-state index in [1.807, 2.05) is 6.92 Å². The second-order valence-electron chi connectivity index (χ2n) is 4.00. The molecule has 0 bridgehead atoms. The second-order valence-corrected chi connectivity index (χ2v) is 4.00. The monoisotopic (exact) mass is 229 g/mol. The predicted molar refractivity (Wildman–Crippen MR) is 73.5 cm³/mol. The zero-order valence-corrected chi connectivity index (χ0v) is 10.3.